The smallest absolute Gasteiger partial charge is 0.306 e. The molecule has 0 aromatic heterocycles. The first-order valence-corrected chi connectivity index (χ1v) is 7.73. The third-order valence-electron chi connectivity index (χ3n) is 3.58. The highest BCUT2D eigenvalue weighted by atomic mass is 16.6. The van der Waals surface area contributed by atoms with E-state index in [2.05, 4.69) is 0 Å². The lowest BCUT2D eigenvalue weighted by atomic mass is 10.1. The molecule has 1 atom stereocenters. The van der Waals surface area contributed by atoms with Crippen molar-refractivity contribution in [3.63, 3.8) is 0 Å². The summed E-state index contributed by atoms with van der Waals surface area (Å²) in [6.07, 6.45) is -0.314. The predicted molar refractivity (Wildman–Crippen MR) is 86.7 cm³/mol. The van der Waals surface area contributed by atoms with Crippen LogP contribution in [0, 0.1) is 0 Å². The minimum absolute atomic E-state index is 0.00600. The molecule has 0 spiro atoms. The van der Waals surface area contributed by atoms with Gasteiger partial charge in [-0.15, -0.1) is 0 Å². The van der Waals surface area contributed by atoms with Crippen LogP contribution in [0.2, 0.25) is 0 Å². The predicted octanol–water partition coefficient (Wildman–Crippen LogP) is 0.964. The largest absolute Gasteiger partial charge is 0.508 e. The summed E-state index contributed by atoms with van der Waals surface area (Å²) >= 11 is 0. The van der Waals surface area contributed by atoms with Crippen LogP contribution in [-0.4, -0.2) is 45.3 Å². The molecular weight excluding hydrogens is 328 g/mol. The SMILES string of the molecule is CC(C)(C)OC(=O)CC[C@@H](C(N)=O)N1C(=O)c2ccc(O)cc2C1=O. The average Bonchev–Trinajstić information content (AvgIpc) is 2.70. The lowest BCUT2D eigenvalue weighted by molar-refractivity contribution is -0.155. The lowest BCUT2D eigenvalue weighted by Crippen LogP contribution is -2.48. The van der Waals surface area contributed by atoms with E-state index < -0.39 is 35.3 Å². The molecule has 0 saturated carbocycles. The van der Waals surface area contributed by atoms with E-state index in [0.29, 0.717) is 0 Å². The van der Waals surface area contributed by atoms with Crippen molar-refractivity contribution in [3.05, 3.63) is 29.3 Å². The highest BCUT2D eigenvalue weighted by Crippen LogP contribution is 2.29. The molecule has 8 nitrogen and oxygen atoms in total. The number of phenols is 1. The highest BCUT2D eigenvalue weighted by Gasteiger charge is 2.42. The van der Waals surface area contributed by atoms with Gasteiger partial charge in [0.1, 0.15) is 17.4 Å². The van der Waals surface area contributed by atoms with Crippen molar-refractivity contribution in [2.75, 3.05) is 0 Å². The number of benzene rings is 1. The van der Waals surface area contributed by atoms with Gasteiger partial charge in [0.2, 0.25) is 5.91 Å². The summed E-state index contributed by atoms with van der Waals surface area (Å²) in [5, 5.41) is 9.48. The van der Waals surface area contributed by atoms with E-state index in [-0.39, 0.29) is 29.7 Å². The number of ether oxygens (including phenoxy) is 1. The van der Waals surface area contributed by atoms with Crippen molar-refractivity contribution in [3.8, 4) is 5.75 Å². The van der Waals surface area contributed by atoms with E-state index >= 15 is 0 Å². The number of carbonyl (C=O) groups is 4. The van der Waals surface area contributed by atoms with E-state index in [1.165, 1.54) is 12.1 Å². The Balaban J connectivity index is 2.19. The van der Waals surface area contributed by atoms with Gasteiger partial charge in [0, 0.05) is 6.42 Å². The number of aromatic hydroxyl groups is 1. The summed E-state index contributed by atoms with van der Waals surface area (Å²) in [4.78, 5) is 49.2. The minimum Gasteiger partial charge on any atom is -0.508 e. The van der Waals surface area contributed by atoms with E-state index in [1.807, 2.05) is 0 Å². The number of esters is 1. The molecule has 25 heavy (non-hydrogen) atoms. The van der Waals surface area contributed by atoms with Crippen molar-refractivity contribution in [1.29, 1.82) is 0 Å². The molecule has 3 N–H and O–H groups in total. The van der Waals surface area contributed by atoms with Crippen LogP contribution in [0.15, 0.2) is 18.2 Å². The number of primary amides is 1. The van der Waals surface area contributed by atoms with Gasteiger partial charge in [-0.05, 0) is 45.4 Å². The van der Waals surface area contributed by atoms with E-state index in [9.17, 15) is 24.3 Å². The maximum atomic E-state index is 12.4. The Labute approximate surface area is 144 Å². The fourth-order valence-electron chi connectivity index (χ4n) is 2.58. The second kappa shape index (κ2) is 6.54. The number of hydrogen-bond acceptors (Lipinski definition) is 6. The average molecular weight is 348 g/mol. The van der Waals surface area contributed by atoms with Crippen LogP contribution in [0.4, 0.5) is 0 Å². The number of fused-ring (bicyclic) bond motifs is 1. The van der Waals surface area contributed by atoms with Gasteiger partial charge in [-0.2, -0.15) is 0 Å². The second-order valence-electron chi connectivity index (χ2n) is 6.75. The molecule has 0 unspecified atom stereocenters. The summed E-state index contributed by atoms with van der Waals surface area (Å²) < 4.78 is 5.15. The van der Waals surface area contributed by atoms with Gasteiger partial charge in [-0.1, -0.05) is 0 Å². The first-order valence-electron chi connectivity index (χ1n) is 7.73. The first kappa shape index (κ1) is 18.4. The fraction of sp³-hybridized carbons (Fsp3) is 0.412. The Morgan fingerprint density at radius 2 is 1.80 bits per heavy atom. The summed E-state index contributed by atoms with van der Waals surface area (Å²) in [6, 6.07) is 2.45. The number of carbonyl (C=O) groups excluding carboxylic acids is 4. The molecule has 1 aliphatic heterocycles. The van der Waals surface area contributed by atoms with Gasteiger partial charge < -0.3 is 15.6 Å². The zero-order valence-corrected chi connectivity index (χ0v) is 14.2. The van der Waals surface area contributed by atoms with Gasteiger partial charge in [-0.3, -0.25) is 24.1 Å². The van der Waals surface area contributed by atoms with E-state index in [4.69, 9.17) is 10.5 Å². The van der Waals surface area contributed by atoms with Crippen molar-refractivity contribution < 1.29 is 29.0 Å². The Bertz CT molecular complexity index is 750. The number of imide groups is 1. The number of phenolic OH excluding ortho intramolecular Hbond substituents is 1. The Morgan fingerprint density at radius 3 is 2.36 bits per heavy atom. The van der Waals surface area contributed by atoms with Crippen LogP contribution in [0.3, 0.4) is 0 Å². The third kappa shape index (κ3) is 3.96. The summed E-state index contributed by atoms with van der Waals surface area (Å²) in [7, 11) is 0. The van der Waals surface area contributed by atoms with Crippen LogP contribution in [0.5, 0.6) is 5.75 Å². The molecule has 2 rings (SSSR count). The molecule has 1 aromatic carbocycles. The number of nitrogens with zero attached hydrogens (tertiary/aromatic N) is 1. The lowest BCUT2D eigenvalue weighted by Gasteiger charge is -2.24. The molecule has 1 aliphatic rings. The number of rotatable bonds is 5. The molecule has 1 heterocycles. The maximum Gasteiger partial charge on any atom is 0.306 e. The number of amides is 3. The van der Waals surface area contributed by atoms with E-state index in [1.54, 1.807) is 20.8 Å². The summed E-state index contributed by atoms with van der Waals surface area (Å²) in [5.74, 6) is -3.06. The third-order valence-corrected chi connectivity index (χ3v) is 3.58. The Hall–Kier alpha value is -2.90. The maximum absolute atomic E-state index is 12.4. The van der Waals surface area contributed by atoms with Gasteiger partial charge in [0.05, 0.1) is 11.1 Å². The highest BCUT2D eigenvalue weighted by molar-refractivity contribution is 6.23. The van der Waals surface area contributed by atoms with Crippen LogP contribution < -0.4 is 5.73 Å². The normalized spacial score (nSPS) is 15.1. The van der Waals surface area contributed by atoms with Crippen molar-refractivity contribution >= 4 is 23.7 Å². The second-order valence-corrected chi connectivity index (χ2v) is 6.75. The topological polar surface area (TPSA) is 127 Å². The molecule has 8 heteroatoms. The molecule has 0 bridgehead atoms. The molecule has 0 fully saturated rings. The van der Waals surface area contributed by atoms with Crippen molar-refractivity contribution in [2.45, 2.75) is 45.3 Å². The van der Waals surface area contributed by atoms with Gasteiger partial charge in [0.25, 0.3) is 11.8 Å². The molecule has 3 amide bonds. The van der Waals surface area contributed by atoms with Crippen LogP contribution in [-0.2, 0) is 14.3 Å². The molecule has 1 aromatic rings. The molecule has 0 radical (unpaired) electrons. The fourth-order valence-corrected chi connectivity index (χ4v) is 2.58. The summed E-state index contributed by atoms with van der Waals surface area (Å²) in [5.41, 5.74) is 4.71. The van der Waals surface area contributed by atoms with Crippen molar-refractivity contribution in [1.82, 2.24) is 4.90 Å². The van der Waals surface area contributed by atoms with Crippen LogP contribution >= 0.6 is 0 Å². The summed E-state index contributed by atoms with van der Waals surface area (Å²) in [6.45, 7) is 5.10. The zero-order chi connectivity index (χ0) is 18.9. The van der Waals surface area contributed by atoms with Crippen molar-refractivity contribution in [2.24, 2.45) is 5.73 Å². The minimum atomic E-state index is -1.28. The van der Waals surface area contributed by atoms with Crippen LogP contribution in [0.1, 0.15) is 54.3 Å². The molecule has 0 saturated heterocycles. The Morgan fingerprint density at radius 1 is 1.20 bits per heavy atom. The molecule has 0 aliphatic carbocycles. The molecule has 134 valence electrons. The quantitative estimate of drug-likeness (QED) is 0.603. The number of hydrogen-bond donors (Lipinski definition) is 2. The van der Waals surface area contributed by atoms with Gasteiger partial charge in [-0.25, -0.2) is 0 Å². The Kier molecular flexibility index (Phi) is 4.82. The van der Waals surface area contributed by atoms with Crippen LogP contribution in [0.25, 0.3) is 0 Å². The molecular formula is C17H20N2O6. The van der Waals surface area contributed by atoms with E-state index in [0.717, 1.165) is 11.0 Å². The first-order chi connectivity index (χ1) is 11.5. The standard InChI is InChI=1S/C17H20N2O6/c1-17(2,3)25-13(21)7-6-12(14(18)22)19-15(23)10-5-4-9(20)8-11(10)16(19)24/h4-5,8,12,20H,6-7H2,1-3H3,(H2,18,22)/t12-/m0/s1. The van der Waals surface area contributed by atoms with Gasteiger partial charge in [0.15, 0.2) is 0 Å². The number of nitrogens with two attached hydrogens (primary N) is 1. The monoisotopic (exact) mass is 348 g/mol. The zero-order valence-electron chi connectivity index (χ0n) is 14.2. The van der Waals surface area contributed by atoms with Gasteiger partial charge >= 0.3 is 5.97 Å².